The summed E-state index contributed by atoms with van der Waals surface area (Å²) in [6.07, 6.45) is 3.73. The second-order valence-corrected chi connectivity index (χ2v) is 6.42. The number of nitrogens with zero attached hydrogens (tertiary/aromatic N) is 2. The van der Waals surface area contributed by atoms with Gasteiger partial charge in [-0.05, 0) is 58.6 Å². The third kappa shape index (κ3) is 3.34. The van der Waals surface area contributed by atoms with Crippen molar-refractivity contribution < 1.29 is 4.74 Å². The number of rotatable bonds is 4. The molecule has 2 heterocycles. The zero-order valence-electron chi connectivity index (χ0n) is 11.8. The van der Waals surface area contributed by atoms with Crippen molar-refractivity contribution in [2.45, 2.75) is 11.5 Å². The highest BCUT2D eigenvalue weighted by molar-refractivity contribution is 9.10. The van der Waals surface area contributed by atoms with E-state index in [1.54, 1.807) is 24.0 Å². The predicted octanol–water partition coefficient (Wildman–Crippen LogP) is 3.76. The zero-order valence-corrected chi connectivity index (χ0v) is 14.2. The summed E-state index contributed by atoms with van der Waals surface area (Å²) in [5.74, 6) is 0.760. The van der Waals surface area contributed by atoms with E-state index in [2.05, 4.69) is 20.9 Å². The van der Waals surface area contributed by atoms with E-state index in [4.69, 9.17) is 4.74 Å². The molecule has 0 saturated heterocycles. The van der Waals surface area contributed by atoms with E-state index in [0.29, 0.717) is 11.3 Å². The lowest BCUT2D eigenvalue weighted by molar-refractivity contribution is 0.301. The summed E-state index contributed by atoms with van der Waals surface area (Å²) in [5, 5.41) is 0. The minimum Gasteiger partial charge on any atom is -0.487 e. The molecule has 3 rings (SSSR count). The minimum absolute atomic E-state index is 0.123. The second-order valence-electron chi connectivity index (χ2n) is 4.63. The average Bonchev–Trinajstić information content (AvgIpc) is 2.54. The first-order valence-electron chi connectivity index (χ1n) is 6.60. The Labute approximate surface area is 140 Å². The monoisotopic (exact) mass is 376 g/mol. The lowest BCUT2D eigenvalue weighted by Gasteiger charge is -2.07. The van der Waals surface area contributed by atoms with E-state index in [1.165, 1.54) is 15.4 Å². The normalized spacial score (nSPS) is 10.8. The first-order valence-corrected chi connectivity index (χ1v) is 8.62. The highest BCUT2D eigenvalue weighted by Crippen LogP contribution is 2.19. The molecule has 0 aliphatic carbocycles. The van der Waals surface area contributed by atoms with Gasteiger partial charge in [0, 0.05) is 21.6 Å². The maximum Gasteiger partial charge on any atom is 0.258 e. The number of ether oxygens (including phenoxy) is 1. The molecule has 0 radical (unpaired) electrons. The van der Waals surface area contributed by atoms with Crippen LogP contribution in [0.5, 0.6) is 5.75 Å². The van der Waals surface area contributed by atoms with E-state index in [0.717, 1.165) is 10.2 Å². The number of benzene rings is 1. The van der Waals surface area contributed by atoms with Crippen molar-refractivity contribution in [3.8, 4) is 5.75 Å². The van der Waals surface area contributed by atoms with Gasteiger partial charge in [0.1, 0.15) is 18.0 Å². The number of pyridine rings is 1. The van der Waals surface area contributed by atoms with Gasteiger partial charge in [-0.2, -0.15) is 0 Å². The highest BCUT2D eigenvalue weighted by atomic mass is 79.9. The van der Waals surface area contributed by atoms with Crippen molar-refractivity contribution in [1.82, 2.24) is 9.38 Å². The summed E-state index contributed by atoms with van der Waals surface area (Å²) in [5.41, 5.74) is 1.09. The number of thioether (sulfide) groups is 1. The number of hydrogen-bond acceptors (Lipinski definition) is 4. The summed E-state index contributed by atoms with van der Waals surface area (Å²) in [6, 6.07) is 13.0. The van der Waals surface area contributed by atoms with Gasteiger partial charge in [-0.1, -0.05) is 0 Å². The van der Waals surface area contributed by atoms with Crippen molar-refractivity contribution in [3.63, 3.8) is 0 Å². The lowest BCUT2D eigenvalue weighted by atomic mass is 10.3. The number of halogens is 1. The maximum absolute atomic E-state index is 12.1. The fraction of sp³-hybridized carbons (Fsp3) is 0.125. The molecular formula is C16H13BrN2O2S. The Kier molecular flexibility index (Phi) is 4.49. The van der Waals surface area contributed by atoms with Crippen molar-refractivity contribution in [3.05, 3.63) is 69.2 Å². The van der Waals surface area contributed by atoms with E-state index >= 15 is 0 Å². The van der Waals surface area contributed by atoms with Gasteiger partial charge in [0.15, 0.2) is 0 Å². The third-order valence-electron chi connectivity index (χ3n) is 3.12. The van der Waals surface area contributed by atoms with Gasteiger partial charge in [-0.15, -0.1) is 11.8 Å². The zero-order chi connectivity index (χ0) is 15.5. The SMILES string of the molecule is CSc1ccc(OCc2cc(=O)n3cc(Br)ccc3n2)cc1. The van der Waals surface area contributed by atoms with Gasteiger partial charge < -0.3 is 4.74 Å². The Balaban J connectivity index is 1.81. The molecule has 0 N–H and O–H groups in total. The Morgan fingerprint density at radius 1 is 1.23 bits per heavy atom. The molecule has 112 valence electrons. The van der Waals surface area contributed by atoms with Crippen molar-refractivity contribution >= 4 is 33.3 Å². The molecule has 4 nitrogen and oxygen atoms in total. The van der Waals surface area contributed by atoms with Crippen LogP contribution in [0.1, 0.15) is 5.69 Å². The smallest absolute Gasteiger partial charge is 0.258 e. The molecule has 1 aromatic carbocycles. The Morgan fingerprint density at radius 3 is 2.73 bits per heavy atom. The van der Waals surface area contributed by atoms with Gasteiger partial charge in [-0.25, -0.2) is 4.98 Å². The maximum atomic E-state index is 12.1. The van der Waals surface area contributed by atoms with Gasteiger partial charge in [0.2, 0.25) is 0 Å². The van der Waals surface area contributed by atoms with Crippen LogP contribution in [0, 0.1) is 0 Å². The van der Waals surface area contributed by atoms with Crippen LogP contribution in [0.15, 0.2) is 62.8 Å². The van der Waals surface area contributed by atoms with E-state index in [9.17, 15) is 4.79 Å². The molecule has 22 heavy (non-hydrogen) atoms. The summed E-state index contributed by atoms with van der Waals surface area (Å²) in [4.78, 5) is 17.7. The molecule has 0 saturated carbocycles. The molecule has 0 bridgehead atoms. The van der Waals surface area contributed by atoms with Crippen LogP contribution in [0.3, 0.4) is 0 Å². The molecule has 3 aromatic rings. The van der Waals surface area contributed by atoms with Crippen LogP contribution in [-0.4, -0.2) is 15.6 Å². The fourth-order valence-corrected chi connectivity index (χ4v) is 2.77. The van der Waals surface area contributed by atoms with Crippen LogP contribution in [0.25, 0.3) is 5.65 Å². The molecule has 0 amide bonds. The first-order chi connectivity index (χ1) is 10.7. The number of hydrogen-bond donors (Lipinski definition) is 0. The molecule has 6 heteroatoms. The number of aromatic nitrogens is 2. The van der Waals surface area contributed by atoms with E-state index < -0.39 is 0 Å². The molecule has 0 unspecified atom stereocenters. The summed E-state index contributed by atoms with van der Waals surface area (Å²) in [7, 11) is 0. The van der Waals surface area contributed by atoms with Crippen molar-refractivity contribution in [2.75, 3.05) is 6.26 Å². The van der Waals surface area contributed by atoms with Gasteiger partial charge in [0.25, 0.3) is 5.56 Å². The van der Waals surface area contributed by atoms with Crippen LogP contribution in [0.2, 0.25) is 0 Å². The molecular weight excluding hydrogens is 364 g/mol. The van der Waals surface area contributed by atoms with Crippen LogP contribution in [0.4, 0.5) is 0 Å². The highest BCUT2D eigenvalue weighted by Gasteiger charge is 2.04. The minimum atomic E-state index is -0.123. The summed E-state index contributed by atoms with van der Waals surface area (Å²) < 4.78 is 8.03. The second kappa shape index (κ2) is 6.54. The first kappa shape index (κ1) is 15.1. The average molecular weight is 377 g/mol. The Hall–Kier alpha value is -1.79. The van der Waals surface area contributed by atoms with Crippen LogP contribution in [-0.2, 0) is 6.61 Å². The van der Waals surface area contributed by atoms with Gasteiger partial charge in [0.05, 0.1) is 5.69 Å². The molecule has 2 aromatic heterocycles. The van der Waals surface area contributed by atoms with E-state index in [1.807, 2.05) is 36.6 Å². The molecule has 0 fully saturated rings. The van der Waals surface area contributed by atoms with Crippen molar-refractivity contribution in [2.24, 2.45) is 0 Å². The van der Waals surface area contributed by atoms with Crippen LogP contribution < -0.4 is 10.3 Å². The molecule has 0 spiro atoms. The topological polar surface area (TPSA) is 43.6 Å². The molecule has 0 aliphatic rings. The summed E-state index contributed by atoms with van der Waals surface area (Å²) >= 11 is 5.02. The Morgan fingerprint density at radius 2 is 2.00 bits per heavy atom. The fourth-order valence-electron chi connectivity index (χ4n) is 2.03. The quantitative estimate of drug-likeness (QED) is 0.650. The Bertz CT molecular complexity index is 862. The van der Waals surface area contributed by atoms with E-state index in [-0.39, 0.29) is 12.2 Å². The molecule has 0 aliphatic heterocycles. The largest absolute Gasteiger partial charge is 0.487 e. The lowest BCUT2D eigenvalue weighted by Crippen LogP contribution is -2.16. The standard InChI is InChI=1S/C16H13BrN2O2S/c1-22-14-5-3-13(4-6-14)21-10-12-8-16(20)19-9-11(17)2-7-15(19)18-12/h2-9H,10H2,1H3. The third-order valence-corrected chi connectivity index (χ3v) is 4.34. The molecule has 0 atom stereocenters. The van der Waals surface area contributed by atoms with Gasteiger partial charge in [-0.3, -0.25) is 9.20 Å². The van der Waals surface area contributed by atoms with Crippen molar-refractivity contribution in [1.29, 1.82) is 0 Å². The predicted molar refractivity (Wildman–Crippen MR) is 91.7 cm³/mol. The van der Waals surface area contributed by atoms with Gasteiger partial charge >= 0.3 is 0 Å². The number of fused-ring (bicyclic) bond motifs is 1. The summed E-state index contributed by atoms with van der Waals surface area (Å²) in [6.45, 7) is 0.264. The van der Waals surface area contributed by atoms with Crippen LogP contribution >= 0.6 is 27.7 Å².